The predicted octanol–water partition coefficient (Wildman–Crippen LogP) is 1.87. The normalized spacial score (nSPS) is 10.1. The molecule has 1 aromatic rings. The summed E-state index contributed by atoms with van der Waals surface area (Å²) in [7, 11) is 1.68. The molecule has 2 N–H and O–H groups in total. The smallest absolute Gasteiger partial charge is 0.119 e. The van der Waals surface area contributed by atoms with Gasteiger partial charge in [-0.15, -0.1) is 0 Å². The highest BCUT2D eigenvalue weighted by atomic mass is 16.5. The Morgan fingerprint density at radius 3 is 2.33 bits per heavy atom. The summed E-state index contributed by atoms with van der Waals surface area (Å²) in [5.74, 6) is 0.892. The van der Waals surface area contributed by atoms with Crippen molar-refractivity contribution in [2.24, 2.45) is 5.73 Å². The van der Waals surface area contributed by atoms with E-state index in [1.54, 1.807) is 7.11 Å². The van der Waals surface area contributed by atoms with Gasteiger partial charge in [-0.3, -0.25) is 0 Å². The molecule has 0 saturated carbocycles. The average Bonchev–Trinajstić information content (AvgIpc) is 2.29. The molecular formula is C12H20N2O. The van der Waals surface area contributed by atoms with E-state index in [2.05, 4.69) is 24.0 Å². The van der Waals surface area contributed by atoms with E-state index in [0.717, 1.165) is 25.3 Å². The quantitative estimate of drug-likeness (QED) is 0.775. The summed E-state index contributed by atoms with van der Waals surface area (Å²) in [6.45, 7) is 4.81. The summed E-state index contributed by atoms with van der Waals surface area (Å²) >= 11 is 0. The van der Waals surface area contributed by atoms with Gasteiger partial charge in [-0.05, 0) is 30.7 Å². The van der Waals surface area contributed by atoms with Crippen LogP contribution in [0.4, 0.5) is 5.69 Å². The van der Waals surface area contributed by atoms with Crippen molar-refractivity contribution >= 4 is 5.69 Å². The third-order valence-electron chi connectivity index (χ3n) is 2.33. The van der Waals surface area contributed by atoms with E-state index in [0.29, 0.717) is 6.54 Å². The molecule has 15 heavy (non-hydrogen) atoms. The molecule has 1 rings (SSSR count). The Labute approximate surface area is 91.8 Å². The summed E-state index contributed by atoms with van der Waals surface area (Å²) in [5, 5.41) is 0. The molecule has 0 fully saturated rings. The van der Waals surface area contributed by atoms with Gasteiger partial charge in [0.2, 0.25) is 0 Å². The number of rotatable bonds is 6. The topological polar surface area (TPSA) is 38.5 Å². The Hall–Kier alpha value is -1.22. The van der Waals surface area contributed by atoms with Gasteiger partial charge in [0.1, 0.15) is 5.75 Å². The first-order valence-electron chi connectivity index (χ1n) is 5.41. The number of nitrogens with zero attached hydrogens (tertiary/aromatic N) is 1. The molecule has 0 bridgehead atoms. The van der Waals surface area contributed by atoms with Crippen LogP contribution in [0.15, 0.2) is 24.3 Å². The van der Waals surface area contributed by atoms with E-state index >= 15 is 0 Å². The fourth-order valence-corrected chi connectivity index (χ4v) is 1.59. The summed E-state index contributed by atoms with van der Waals surface area (Å²) in [6, 6.07) is 8.11. The fourth-order valence-electron chi connectivity index (χ4n) is 1.59. The van der Waals surface area contributed by atoms with Gasteiger partial charge in [-0.25, -0.2) is 0 Å². The largest absolute Gasteiger partial charge is 0.497 e. The van der Waals surface area contributed by atoms with Gasteiger partial charge >= 0.3 is 0 Å². The van der Waals surface area contributed by atoms with Gasteiger partial charge in [-0.1, -0.05) is 6.92 Å². The number of hydrogen-bond acceptors (Lipinski definition) is 3. The molecule has 84 valence electrons. The molecule has 0 spiro atoms. The van der Waals surface area contributed by atoms with Crippen LogP contribution < -0.4 is 15.4 Å². The van der Waals surface area contributed by atoms with Crippen LogP contribution in [0, 0.1) is 0 Å². The highest BCUT2D eigenvalue weighted by molar-refractivity contribution is 5.49. The number of hydrogen-bond donors (Lipinski definition) is 1. The molecule has 0 unspecified atom stereocenters. The maximum absolute atomic E-state index is 5.59. The van der Waals surface area contributed by atoms with Crippen molar-refractivity contribution in [1.82, 2.24) is 0 Å². The van der Waals surface area contributed by atoms with Crippen LogP contribution in [0.3, 0.4) is 0 Å². The number of methoxy groups -OCH3 is 1. The lowest BCUT2D eigenvalue weighted by molar-refractivity contribution is 0.415. The zero-order valence-corrected chi connectivity index (χ0v) is 9.57. The lowest BCUT2D eigenvalue weighted by Gasteiger charge is -2.23. The molecule has 1 aromatic carbocycles. The maximum Gasteiger partial charge on any atom is 0.119 e. The Morgan fingerprint density at radius 1 is 1.20 bits per heavy atom. The van der Waals surface area contributed by atoms with Gasteiger partial charge in [0.15, 0.2) is 0 Å². The zero-order valence-electron chi connectivity index (χ0n) is 9.57. The van der Waals surface area contributed by atoms with Crippen LogP contribution in [-0.2, 0) is 0 Å². The molecule has 3 heteroatoms. The van der Waals surface area contributed by atoms with E-state index in [4.69, 9.17) is 10.5 Å². The van der Waals surface area contributed by atoms with Gasteiger partial charge in [0, 0.05) is 25.3 Å². The Bertz CT molecular complexity index is 265. The van der Waals surface area contributed by atoms with Crippen LogP contribution >= 0.6 is 0 Å². The summed E-state index contributed by atoms with van der Waals surface area (Å²) in [4.78, 5) is 2.29. The second kappa shape index (κ2) is 6.30. The van der Waals surface area contributed by atoms with Crippen LogP contribution in [-0.4, -0.2) is 26.7 Å². The standard InChI is InChI=1S/C12H20N2O/c1-3-9-14(10-8-13)11-4-6-12(15-2)7-5-11/h4-7H,3,8-10,13H2,1-2H3. The lowest BCUT2D eigenvalue weighted by Crippen LogP contribution is -2.29. The van der Waals surface area contributed by atoms with Crippen molar-refractivity contribution in [2.45, 2.75) is 13.3 Å². The van der Waals surface area contributed by atoms with Crippen molar-refractivity contribution in [1.29, 1.82) is 0 Å². The van der Waals surface area contributed by atoms with Crippen molar-refractivity contribution in [3.05, 3.63) is 24.3 Å². The van der Waals surface area contributed by atoms with Crippen molar-refractivity contribution < 1.29 is 4.74 Å². The molecule has 0 amide bonds. The third kappa shape index (κ3) is 3.44. The molecular weight excluding hydrogens is 188 g/mol. The van der Waals surface area contributed by atoms with Crippen LogP contribution in [0.5, 0.6) is 5.75 Å². The zero-order chi connectivity index (χ0) is 11.1. The fraction of sp³-hybridized carbons (Fsp3) is 0.500. The number of nitrogens with two attached hydrogens (primary N) is 1. The number of anilines is 1. The first kappa shape index (κ1) is 11.9. The Morgan fingerprint density at radius 2 is 1.87 bits per heavy atom. The maximum atomic E-state index is 5.59. The van der Waals surface area contributed by atoms with Gasteiger partial charge in [-0.2, -0.15) is 0 Å². The highest BCUT2D eigenvalue weighted by Crippen LogP contribution is 2.18. The van der Waals surface area contributed by atoms with Crippen molar-refractivity contribution in [2.75, 3.05) is 31.6 Å². The minimum Gasteiger partial charge on any atom is -0.497 e. The average molecular weight is 208 g/mol. The Balaban J connectivity index is 2.72. The number of ether oxygens (including phenoxy) is 1. The minimum atomic E-state index is 0.687. The predicted molar refractivity (Wildman–Crippen MR) is 64.6 cm³/mol. The third-order valence-corrected chi connectivity index (χ3v) is 2.33. The second-order valence-electron chi connectivity index (χ2n) is 3.47. The van der Waals surface area contributed by atoms with E-state index < -0.39 is 0 Å². The molecule has 0 radical (unpaired) electrons. The summed E-state index contributed by atoms with van der Waals surface area (Å²) in [5.41, 5.74) is 6.80. The number of benzene rings is 1. The van der Waals surface area contributed by atoms with Gasteiger partial charge in [0.25, 0.3) is 0 Å². The lowest BCUT2D eigenvalue weighted by atomic mass is 10.2. The van der Waals surface area contributed by atoms with E-state index in [9.17, 15) is 0 Å². The molecule has 3 nitrogen and oxygen atoms in total. The van der Waals surface area contributed by atoms with Gasteiger partial charge in [0.05, 0.1) is 7.11 Å². The molecule has 0 aliphatic rings. The van der Waals surface area contributed by atoms with E-state index in [-0.39, 0.29) is 0 Å². The van der Waals surface area contributed by atoms with E-state index in [1.165, 1.54) is 5.69 Å². The monoisotopic (exact) mass is 208 g/mol. The minimum absolute atomic E-state index is 0.687. The molecule has 0 saturated heterocycles. The SMILES string of the molecule is CCCN(CCN)c1ccc(OC)cc1. The first-order chi connectivity index (χ1) is 7.31. The van der Waals surface area contributed by atoms with Crippen LogP contribution in [0.1, 0.15) is 13.3 Å². The molecule has 0 aliphatic carbocycles. The van der Waals surface area contributed by atoms with Crippen molar-refractivity contribution in [3.8, 4) is 5.75 Å². The van der Waals surface area contributed by atoms with Crippen molar-refractivity contribution in [3.63, 3.8) is 0 Å². The summed E-state index contributed by atoms with van der Waals surface area (Å²) < 4.78 is 5.13. The molecule has 0 aromatic heterocycles. The van der Waals surface area contributed by atoms with Gasteiger partial charge < -0.3 is 15.4 Å². The van der Waals surface area contributed by atoms with Crippen LogP contribution in [0.25, 0.3) is 0 Å². The van der Waals surface area contributed by atoms with E-state index in [1.807, 2.05) is 12.1 Å². The first-order valence-corrected chi connectivity index (χ1v) is 5.41. The molecule has 0 atom stereocenters. The second-order valence-corrected chi connectivity index (χ2v) is 3.47. The van der Waals surface area contributed by atoms with Crippen LogP contribution in [0.2, 0.25) is 0 Å². The summed E-state index contributed by atoms with van der Waals surface area (Å²) in [6.07, 6.45) is 1.13. The molecule has 0 heterocycles. The molecule has 0 aliphatic heterocycles. The highest BCUT2D eigenvalue weighted by Gasteiger charge is 2.03. The Kier molecular flexibility index (Phi) is 4.98.